The number of halogens is 1. The highest BCUT2D eigenvalue weighted by Gasteiger charge is 2.18. The highest BCUT2D eigenvalue weighted by Crippen LogP contribution is 2.28. The number of nitrogens with zero attached hydrogens (tertiary/aromatic N) is 4. The fourth-order valence-corrected chi connectivity index (χ4v) is 3.00. The van der Waals surface area contributed by atoms with E-state index in [1.54, 1.807) is 30.2 Å². The van der Waals surface area contributed by atoms with E-state index in [1.807, 2.05) is 13.8 Å². The van der Waals surface area contributed by atoms with Crippen molar-refractivity contribution in [1.82, 2.24) is 30.0 Å². The Hall–Kier alpha value is -3.29. The van der Waals surface area contributed by atoms with Gasteiger partial charge in [-0.15, -0.1) is 0 Å². The first kappa shape index (κ1) is 17.1. The van der Waals surface area contributed by atoms with E-state index in [0.717, 1.165) is 11.8 Å². The molecule has 0 aliphatic rings. The summed E-state index contributed by atoms with van der Waals surface area (Å²) in [6.07, 6.45) is 4.04. The van der Waals surface area contributed by atoms with Gasteiger partial charge in [-0.1, -0.05) is 6.92 Å². The number of amides is 1. The maximum absolute atomic E-state index is 13.6. The predicted molar refractivity (Wildman–Crippen MR) is 101 cm³/mol. The summed E-state index contributed by atoms with van der Waals surface area (Å²) in [5, 5.41) is 8.17. The molecule has 138 valence electrons. The lowest BCUT2D eigenvalue weighted by Crippen LogP contribution is -2.31. The van der Waals surface area contributed by atoms with Crippen LogP contribution in [0.15, 0.2) is 30.6 Å². The van der Waals surface area contributed by atoms with Crippen molar-refractivity contribution in [3.05, 3.63) is 42.0 Å². The van der Waals surface area contributed by atoms with Crippen molar-refractivity contribution in [1.29, 1.82) is 0 Å². The van der Waals surface area contributed by atoms with Gasteiger partial charge < -0.3 is 10.3 Å². The number of hydrogen-bond donors (Lipinski definition) is 2. The molecule has 0 fully saturated rings. The molecule has 0 unspecified atom stereocenters. The minimum absolute atomic E-state index is 0.0632. The normalized spacial score (nSPS) is 12.6. The number of benzene rings is 1. The molecule has 0 saturated carbocycles. The van der Waals surface area contributed by atoms with Gasteiger partial charge in [-0.2, -0.15) is 5.10 Å². The monoisotopic (exact) mass is 366 g/mol. The minimum Gasteiger partial charge on any atom is -0.349 e. The van der Waals surface area contributed by atoms with Crippen LogP contribution in [-0.4, -0.2) is 36.7 Å². The summed E-state index contributed by atoms with van der Waals surface area (Å²) in [6, 6.07) is 4.56. The molecule has 0 aliphatic carbocycles. The van der Waals surface area contributed by atoms with Crippen LogP contribution in [0.3, 0.4) is 0 Å². The zero-order valence-corrected chi connectivity index (χ0v) is 15.2. The SMILES string of the molecule is CC[C@@H](C)NC(=O)c1c[nH]c2ncc(-c3nn(C)c4cc(F)ccc34)nc12. The van der Waals surface area contributed by atoms with Gasteiger partial charge in [0.2, 0.25) is 0 Å². The summed E-state index contributed by atoms with van der Waals surface area (Å²) in [5.74, 6) is -0.525. The zero-order valence-electron chi connectivity index (χ0n) is 15.2. The van der Waals surface area contributed by atoms with Crippen molar-refractivity contribution in [2.75, 3.05) is 0 Å². The highest BCUT2D eigenvalue weighted by molar-refractivity contribution is 6.05. The van der Waals surface area contributed by atoms with Gasteiger partial charge in [0.1, 0.15) is 22.7 Å². The van der Waals surface area contributed by atoms with Gasteiger partial charge in [-0.3, -0.25) is 9.48 Å². The molecule has 2 N–H and O–H groups in total. The zero-order chi connectivity index (χ0) is 19.1. The molecule has 0 spiro atoms. The van der Waals surface area contributed by atoms with Crippen LogP contribution in [0.1, 0.15) is 30.6 Å². The van der Waals surface area contributed by atoms with E-state index < -0.39 is 0 Å². The van der Waals surface area contributed by atoms with Crippen molar-refractivity contribution in [3.63, 3.8) is 0 Å². The van der Waals surface area contributed by atoms with E-state index in [-0.39, 0.29) is 17.8 Å². The topological polar surface area (TPSA) is 88.5 Å². The van der Waals surface area contributed by atoms with Gasteiger partial charge in [-0.05, 0) is 31.5 Å². The molecule has 0 saturated heterocycles. The lowest BCUT2D eigenvalue weighted by Gasteiger charge is -2.10. The van der Waals surface area contributed by atoms with Crippen molar-refractivity contribution < 1.29 is 9.18 Å². The number of H-pyrrole nitrogens is 1. The molecule has 3 heterocycles. The van der Waals surface area contributed by atoms with Gasteiger partial charge in [0.05, 0.1) is 17.3 Å². The van der Waals surface area contributed by atoms with Crippen LogP contribution in [0.25, 0.3) is 33.5 Å². The van der Waals surface area contributed by atoms with Crippen LogP contribution < -0.4 is 5.32 Å². The van der Waals surface area contributed by atoms with E-state index >= 15 is 0 Å². The predicted octanol–water partition coefficient (Wildman–Crippen LogP) is 3.18. The van der Waals surface area contributed by atoms with Crippen LogP contribution in [0, 0.1) is 5.82 Å². The number of carbonyl (C=O) groups excluding carboxylic acids is 1. The van der Waals surface area contributed by atoms with Gasteiger partial charge in [-0.25, -0.2) is 14.4 Å². The van der Waals surface area contributed by atoms with E-state index in [9.17, 15) is 9.18 Å². The lowest BCUT2D eigenvalue weighted by atomic mass is 10.1. The van der Waals surface area contributed by atoms with Gasteiger partial charge in [0, 0.05) is 24.7 Å². The number of carbonyl (C=O) groups is 1. The van der Waals surface area contributed by atoms with Gasteiger partial charge in [0.25, 0.3) is 5.91 Å². The molecule has 0 aliphatic heterocycles. The minimum atomic E-state index is -0.326. The molecule has 27 heavy (non-hydrogen) atoms. The first-order valence-electron chi connectivity index (χ1n) is 8.75. The molecule has 7 nitrogen and oxygen atoms in total. The second kappa shape index (κ2) is 6.46. The van der Waals surface area contributed by atoms with Gasteiger partial charge >= 0.3 is 0 Å². The van der Waals surface area contributed by atoms with E-state index in [1.165, 1.54) is 12.1 Å². The van der Waals surface area contributed by atoms with Crippen molar-refractivity contribution in [3.8, 4) is 11.4 Å². The average Bonchev–Trinajstić information content (AvgIpc) is 3.22. The van der Waals surface area contributed by atoms with Crippen LogP contribution >= 0.6 is 0 Å². The summed E-state index contributed by atoms with van der Waals surface area (Å²) in [4.78, 5) is 24.5. The number of fused-ring (bicyclic) bond motifs is 2. The smallest absolute Gasteiger partial charge is 0.255 e. The van der Waals surface area contributed by atoms with E-state index in [0.29, 0.717) is 33.6 Å². The first-order valence-corrected chi connectivity index (χ1v) is 8.75. The molecule has 0 bridgehead atoms. The summed E-state index contributed by atoms with van der Waals surface area (Å²) >= 11 is 0. The largest absolute Gasteiger partial charge is 0.349 e. The van der Waals surface area contributed by atoms with Crippen LogP contribution in [-0.2, 0) is 7.05 Å². The van der Waals surface area contributed by atoms with Crippen molar-refractivity contribution in [2.45, 2.75) is 26.3 Å². The summed E-state index contributed by atoms with van der Waals surface area (Å²) in [5.41, 5.74) is 3.23. The van der Waals surface area contributed by atoms with Crippen LogP contribution in [0.2, 0.25) is 0 Å². The van der Waals surface area contributed by atoms with Crippen molar-refractivity contribution >= 4 is 28.0 Å². The average molecular weight is 366 g/mol. The maximum Gasteiger partial charge on any atom is 0.255 e. The number of rotatable bonds is 4. The Labute approximate surface area is 154 Å². The first-order chi connectivity index (χ1) is 13.0. The molecule has 3 aromatic heterocycles. The number of nitrogens with one attached hydrogen (secondary N) is 2. The van der Waals surface area contributed by atoms with E-state index in [2.05, 4.69) is 25.4 Å². The molecule has 4 aromatic rings. The maximum atomic E-state index is 13.6. The third-order valence-corrected chi connectivity index (χ3v) is 4.67. The summed E-state index contributed by atoms with van der Waals surface area (Å²) in [7, 11) is 1.75. The Balaban J connectivity index is 1.82. The molecule has 0 radical (unpaired) electrons. The molecule has 8 heteroatoms. The van der Waals surface area contributed by atoms with Crippen molar-refractivity contribution in [2.24, 2.45) is 7.05 Å². The standard InChI is InChI=1S/C19H19FN6O/c1-4-10(2)23-19(27)13-8-21-18-17(13)24-14(9-22-18)16-12-6-5-11(20)7-15(12)26(3)25-16/h5-10H,4H2,1-3H3,(H,21,22)(H,23,27)/t10-/m1/s1. The van der Waals surface area contributed by atoms with Gasteiger partial charge in [0.15, 0.2) is 5.65 Å². The lowest BCUT2D eigenvalue weighted by molar-refractivity contribution is 0.0941. The quantitative estimate of drug-likeness (QED) is 0.581. The third-order valence-electron chi connectivity index (χ3n) is 4.67. The number of hydrogen-bond acceptors (Lipinski definition) is 4. The molecule has 1 amide bonds. The second-order valence-electron chi connectivity index (χ2n) is 6.57. The Morgan fingerprint density at radius 2 is 2.22 bits per heavy atom. The highest BCUT2D eigenvalue weighted by atomic mass is 19.1. The molecular weight excluding hydrogens is 347 g/mol. The second-order valence-corrected chi connectivity index (χ2v) is 6.57. The number of aryl methyl sites for hydroxylation is 1. The van der Waals surface area contributed by atoms with E-state index in [4.69, 9.17) is 0 Å². The molecule has 4 rings (SSSR count). The van der Waals surface area contributed by atoms with Crippen LogP contribution in [0.4, 0.5) is 4.39 Å². The fraction of sp³-hybridized carbons (Fsp3) is 0.263. The number of aromatic amines is 1. The summed E-state index contributed by atoms with van der Waals surface area (Å²) in [6.45, 7) is 3.95. The Morgan fingerprint density at radius 3 is 3.00 bits per heavy atom. The Kier molecular flexibility index (Phi) is 4.10. The summed E-state index contributed by atoms with van der Waals surface area (Å²) < 4.78 is 15.2. The fourth-order valence-electron chi connectivity index (χ4n) is 3.00. The molecule has 1 aromatic carbocycles. The Bertz CT molecular complexity index is 1160. The Morgan fingerprint density at radius 1 is 1.41 bits per heavy atom. The molecular formula is C19H19FN6O. The molecule has 1 atom stereocenters. The number of aromatic nitrogens is 5. The third kappa shape index (κ3) is 2.92. The van der Waals surface area contributed by atoms with Crippen LogP contribution in [0.5, 0.6) is 0 Å².